The average molecular weight is 336 g/mol. The lowest BCUT2D eigenvalue weighted by Crippen LogP contribution is -2.22. The molecule has 23 heavy (non-hydrogen) atoms. The van der Waals surface area contributed by atoms with Gasteiger partial charge in [-0.2, -0.15) is 0 Å². The number of halogens is 1. The highest BCUT2D eigenvalue weighted by molar-refractivity contribution is 6.31. The predicted octanol–water partition coefficient (Wildman–Crippen LogP) is 3.10. The topological polar surface area (TPSA) is 67.8 Å². The number of carboxylic acid groups (broad SMARTS) is 1. The predicted molar refractivity (Wildman–Crippen MR) is 88.1 cm³/mol. The van der Waals surface area contributed by atoms with E-state index in [4.69, 9.17) is 26.2 Å². The Balaban J connectivity index is 2.14. The van der Waals surface area contributed by atoms with E-state index in [1.54, 1.807) is 19.2 Å². The largest absolute Gasteiger partial charge is 0.493 e. The van der Waals surface area contributed by atoms with Crippen molar-refractivity contribution < 1.29 is 19.4 Å². The molecule has 0 saturated heterocycles. The molecule has 122 valence electrons. The van der Waals surface area contributed by atoms with Crippen LogP contribution in [0.2, 0.25) is 5.02 Å². The van der Waals surface area contributed by atoms with E-state index in [2.05, 4.69) is 5.32 Å². The highest BCUT2D eigenvalue weighted by Crippen LogP contribution is 2.32. The van der Waals surface area contributed by atoms with Crippen LogP contribution < -0.4 is 14.8 Å². The van der Waals surface area contributed by atoms with Crippen molar-refractivity contribution in [3.63, 3.8) is 0 Å². The van der Waals surface area contributed by atoms with Crippen molar-refractivity contribution in [1.29, 1.82) is 0 Å². The van der Waals surface area contributed by atoms with E-state index in [0.717, 1.165) is 11.1 Å². The SMILES string of the molecule is COc1cccc(CNCC(=O)O)c1OCc1ccccc1Cl. The van der Waals surface area contributed by atoms with Crippen LogP contribution in [-0.4, -0.2) is 24.7 Å². The molecule has 0 bridgehead atoms. The summed E-state index contributed by atoms with van der Waals surface area (Å²) in [7, 11) is 1.56. The van der Waals surface area contributed by atoms with Gasteiger partial charge in [0.05, 0.1) is 13.7 Å². The summed E-state index contributed by atoms with van der Waals surface area (Å²) in [6, 6.07) is 12.9. The molecule has 0 amide bonds. The van der Waals surface area contributed by atoms with E-state index in [1.807, 2.05) is 30.3 Å². The molecule has 2 N–H and O–H groups in total. The number of para-hydroxylation sites is 1. The number of aliphatic carboxylic acids is 1. The molecule has 0 saturated carbocycles. The second kappa shape index (κ2) is 8.41. The van der Waals surface area contributed by atoms with E-state index in [1.165, 1.54) is 0 Å². The van der Waals surface area contributed by atoms with Crippen LogP contribution in [-0.2, 0) is 17.9 Å². The fraction of sp³-hybridized carbons (Fsp3) is 0.235. The molecule has 0 spiro atoms. The Labute approximate surface area is 139 Å². The smallest absolute Gasteiger partial charge is 0.317 e. The number of methoxy groups -OCH3 is 1. The van der Waals surface area contributed by atoms with Crippen molar-refractivity contribution in [3.05, 3.63) is 58.6 Å². The molecule has 0 fully saturated rings. The summed E-state index contributed by atoms with van der Waals surface area (Å²) in [5.74, 6) is 0.255. The van der Waals surface area contributed by atoms with E-state index in [9.17, 15) is 4.79 Å². The zero-order chi connectivity index (χ0) is 16.7. The molecule has 0 heterocycles. The van der Waals surface area contributed by atoms with Crippen molar-refractivity contribution in [2.24, 2.45) is 0 Å². The fourth-order valence-electron chi connectivity index (χ4n) is 2.09. The summed E-state index contributed by atoms with van der Waals surface area (Å²) in [6.45, 7) is 0.536. The van der Waals surface area contributed by atoms with Gasteiger partial charge in [-0.05, 0) is 12.1 Å². The molecular weight excluding hydrogens is 318 g/mol. The lowest BCUT2D eigenvalue weighted by Gasteiger charge is -2.16. The van der Waals surface area contributed by atoms with E-state index in [0.29, 0.717) is 29.7 Å². The van der Waals surface area contributed by atoms with Gasteiger partial charge < -0.3 is 19.9 Å². The highest BCUT2D eigenvalue weighted by Gasteiger charge is 2.12. The van der Waals surface area contributed by atoms with Crippen LogP contribution in [0.25, 0.3) is 0 Å². The lowest BCUT2D eigenvalue weighted by molar-refractivity contribution is -0.136. The van der Waals surface area contributed by atoms with E-state index < -0.39 is 5.97 Å². The Morgan fingerprint density at radius 1 is 1.17 bits per heavy atom. The summed E-state index contributed by atoms with van der Waals surface area (Å²) < 4.78 is 11.2. The minimum absolute atomic E-state index is 0.124. The summed E-state index contributed by atoms with van der Waals surface area (Å²) >= 11 is 6.13. The maximum Gasteiger partial charge on any atom is 0.317 e. The molecular formula is C17H18ClNO4. The number of carbonyl (C=O) groups is 1. The van der Waals surface area contributed by atoms with Gasteiger partial charge in [-0.1, -0.05) is 41.9 Å². The van der Waals surface area contributed by atoms with Gasteiger partial charge in [0.2, 0.25) is 0 Å². The number of hydrogen-bond acceptors (Lipinski definition) is 4. The van der Waals surface area contributed by atoms with E-state index in [-0.39, 0.29) is 6.54 Å². The monoisotopic (exact) mass is 335 g/mol. The third-order valence-electron chi connectivity index (χ3n) is 3.20. The minimum atomic E-state index is -0.911. The third kappa shape index (κ3) is 4.87. The second-order valence-corrected chi connectivity index (χ2v) is 5.23. The summed E-state index contributed by atoms with van der Waals surface area (Å²) in [5.41, 5.74) is 1.68. The normalized spacial score (nSPS) is 10.3. The molecule has 0 aromatic heterocycles. The third-order valence-corrected chi connectivity index (χ3v) is 3.57. The van der Waals surface area contributed by atoms with Crippen molar-refractivity contribution in [2.45, 2.75) is 13.2 Å². The zero-order valence-electron chi connectivity index (χ0n) is 12.7. The molecule has 5 nitrogen and oxygen atoms in total. The van der Waals surface area contributed by atoms with Gasteiger partial charge in [0.15, 0.2) is 11.5 Å². The minimum Gasteiger partial charge on any atom is -0.493 e. The summed E-state index contributed by atoms with van der Waals surface area (Å²) in [6.07, 6.45) is 0. The van der Waals surface area contributed by atoms with Gasteiger partial charge in [0, 0.05) is 22.7 Å². The molecule has 6 heteroatoms. The van der Waals surface area contributed by atoms with Gasteiger partial charge >= 0.3 is 5.97 Å². The first-order valence-corrected chi connectivity index (χ1v) is 7.44. The molecule has 0 aliphatic heterocycles. The van der Waals surface area contributed by atoms with Gasteiger partial charge in [-0.3, -0.25) is 4.79 Å². The van der Waals surface area contributed by atoms with Crippen molar-refractivity contribution in [3.8, 4) is 11.5 Å². The van der Waals surface area contributed by atoms with Gasteiger partial charge in [0.1, 0.15) is 6.61 Å². The Morgan fingerprint density at radius 2 is 1.91 bits per heavy atom. The quantitative estimate of drug-likeness (QED) is 0.776. The van der Waals surface area contributed by atoms with Crippen LogP contribution in [0, 0.1) is 0 Å². The first kappa shape index (κ1) is 17.1. The second-order valence-electron chi connectivity index (χ2n) is 4.83. The Morgan fingerprint density at radius 3 is 2.61 bits per heavy atom. The van der Waals surface area contributed by atoms with Crippen LogP contribution in [0.15, 0.2) is 42.5 Å². The first-order valence-electron chi connectivity index (χ1n) is 7.06. The summed E-state index contributed by atoms with van der Waals surface area (Å²) in [4.78, 5) is 10.6. The summed E-state index contributed by atoms with van der Waals surface area (Å²) in [5, 5.41) is 12.2. The van der Waals surface area contributed by atoms with E-state index >= 15 is 0 Å². The Kier molecular flexibility index (Phi) is 6.26. The van der Waals surface area contributed by atoms with Gasteiger partial charge in [-0.25, -0.2) is 0 Å². The van der Waals surface area contributed by atoms with Crippen LogP contribution in [0.3, 0.4) is 0 Å². The Hall–Kier alpha value is -2.24. The molecule has 2 rings (SSSR count). The fourth-order valence-corrected chi connectivity index (χ4v) is 2.28. The van der Waals surface area contributed by atoms with Gasteiger partial charge in [0.25, 0.3) is 0 Å². The maximum absolute atomic E-state index is 10.6. The first-order chi connectivity index (χ1) is 11.1. The number of ether oxygens (including phenoxy) is 2. The molecule has 0 radical (unpaired) electrons. The van der Waals surface area contributed by atoms with Crippen molar-refractivity contribution in [2.75, 3.05) is 13.7 Å². The van der Waals surface area contributed by atoms with Gasteiger partial charge in [-0.15, -0.1) is 0 Å². The maximum atomic E-state index is 10.6. The number of carboxylic acids is 1. The molecule has 0 unspecified atom stereocenters. The average Bonchev–Trinajstić information content (AvgIpc) is 2.54. The van der Waals surface area contributed by atoms with Crippen LogP contribution >= 0.6 is 11.6 Å². The number of hydrogen-bond donors (Lipinski definition) is 2. The molecule has 2 aromatic rings. The molecule has 0 aliphatic rings. The zero-order valence-corrected chi connectivity index (χ0v) is 13.5. The molecule has 2 aromatic carbocycles. The number of nitrogens with one attached hydrogen (secondary N) is 1. The molecule has 0 atom stereocenters. The number of rotatable bonds is 8. The standard InChI is InChI=1S/C17H18ClNO4/c1-22-15-8-4-6-12(9-19-10-16(20)21)17(15)23-11-13-5-2-3-7-14(13)18/h2-8,19H,9-11H2,1H3,(H,20,21). The molecule has 0 aliphatic carbocycles. The van der Waals surface area contributed by atoms with Crippen LogP contribution in [0.5, 0.6) is 11.5 Å². The lowest BCUT2D eigenvalue weighted by atomic mass is 10.1. The van der Waals surface area contributed by atoms with Crippen molar-refractivity contribution >= 4 is 17.6 Å². The van der Waals surface area contributed by atoms with Crippen LogP contribution in [0.1, 0.15) is 11.1 Å². The number of benzene rings is 2. The highest BCUT2D eigenvalue weighted by atomic mass is 35.5. The Bertz CT molecular complexity index is 675. The van der Waals surface area contributed by atoms with Crippen molar-refractivity contribution in [1.82, 2.24) is 5.32 Å². The van der Waals surface area contributed by atoms with Crippen LogP contribution in [0.4, 0.5) is 0 Å².